The summed E-state index contributed by atoms with van der Waals surface area (Å²) in [7, 11) is -6.93. The van der Waals surface area contributed by atoms with Crippen LogP contribution in [0.5, 0.6) is 0 Å². The van der Waals surface area contributed by atoms with Crippen LogP contribution in [0.1, 0.15) is 46.6 Å². The molecule has 2 aromatic carbocycles. The van der Waals surface area contributed by atoms with E-state index in [0.29, 0.717) is 47.4 Å². The number of carbonyl (C=O) groups excluding carboxylic acids is 1. The third kappa shape index (κ3) is 5.79. The first-order chi connectivity index (χ1) is 18.9. The third-order valence-electron chi connectivity index (χ3n) is 7.24. The van der Waals surface area contributed by atoms with Gasteiger partial charge in [0, 0.05) is 12.1 Å². The molecule has 12 heteroatoms. The van der Waals surface area contributed by atoms with Crippen LogP contribution in [0.25, 0.3) is 22.3 Å². The third-order valence-corrected chi connectivity index (χ3v) is 9.92. The molecular weight excluding hydrogens is 550 g/mol. The number of fused-ring (bicyclic) bond motifs is 1. The monoisotopic (exact) mass is 581 g/mol. The Hall–Kier alpha value is -3.61. The second-order valence-corrected chi connectivity index (χ2v) is 13.9. The zero-order valence-electron chi connectivity index (χ0n) is 22.3. The topological polar surface area (TPSA) is 154 Å². The van der Waals surface area contributed by atoms with E-state index in [1.807, 2.05) is 24.3 Å². The van der Waals surface area contributed by atoms with E-state index in [2.05, 4.69) is 17.3 Å². The Labute approximate surface area is 233 Å². The van der Waals surface area contributed by atoms with Gasteiger partial charge in [-0.25, -0.2) is 31.6 Å². The number of amides is 1. The molecule has 0 aliphatic carbocycles. The summed E-state index contributed by atoms with van der Waals surface area (Å²) in [5, 5.41) is 13.4. The molecule has 1 saturated heterocycles. The summed E-state index contributed by atoms with van der Waals surface area (Å²) in [6, 6.07) is 15.6. The largest absolute Gasteiger partial charge is 0.352 e. The molecule has 5 rings (SSSR count). The number of nitrogens with two attached hydrogens (primary N) is 1. The van der Waals surface area contributed by atoms with E-state index in [-0.39, 0.29) is 28.4 Å². The predicted octanol–water partition coefficient (Wildman–Crippen LogP) is 2.95. The standard InChI is InChI=1S/C28H31N5O5S2/c1-3-19-4-8-21(9-5-19)25-16-24(28(34)30-14-12-20-6-10-23(11-7-20)40(29,37)38)26-18(2)32-33(27(26)31-25)22-13-15-39(35,36)17-22/h4-11,16,22H,3,12-15,17H2,1-2H3,(H,30,34)(H2,29,37,38). The molecule has 1 unspecified atom stereocenters. The summed E-state index contributed by atoms with van der Waals surface area (Å²) in [5.74, 6) is -0.213. The second-order valence-electron chi connectivity index (χ2n) is 10.1. The van der Waals surface area contributed by atoms with Crippen molar-refractivity contribution >= 4 is 36.8 Å². The number of hydrogen-bond acceptors (Lipinski definition) is 7. The van der Waals surface area contributed by atoms with E-state index in [4.69, 9.17) is 10.1 Å². The van der Waals surface area contributed by atoms with Crippen LogP contribution < -0.4 is 10.5 Å². The molecule has 1 fully saturated rings. The maximum absolute atomic E-state index is 13.5. The highest BCUT2D eigenvalue weighted by Gasteiger charge is 2.32. The summed E-state index contributed by atoms with van der Waals surface area (Å²) in [6.45, 7) is 4.18. The van der Waals surface area contributed by atoms with Crippen molar-refractivity contribution in [2.45, 2.75) is 44.0 Å². The highest BCUT2D eigenvalue weighted by Crippen LogP contribution is 2.32. The van der Waals surface area contributed by atoms with Gasteiger partial charge in [0.25, 0.3) is 5.91 Å². The number of aromatic nitrogens is 3. The lowest BCUT2D eigenvalue weighted by molar-refractivity contribution is 0.0955. The minimum Gasteiger partial charge on any atom is -0.352 e. The summed E-state index contributed by atoms with van der Waals surface area (Å²) in [6.07, 6.45) is 1.82. The lowest BCUT2D eigenvalue weighted by Gasteiger charge is -2.13. The molecule has 1 amide bonds. The van der Waals surface area contributed by atoms with Crippen molar-refractivity contribution in [2.75, 3.05) is 18.1 Å². The summed E-state index contributed by atoms with van der Waals surface area (Å²) < 4.78 is 49.1. The number of nitrogens with zero attached hydrogens (tertiary/aromatic N) is 3. The van der Waals surface area contributed by atoms with Gasteiger partial charge < -0.3 is 5.32 Å². The highest BCUT2D eigenvalue weighted by atomic mass is 32.2. The van der Waals surface area contributed by atoms with Crippen LogP contribution in [0.4, 0.5) is 0 Å². The number of hydrogen-bond donors (Lipinski definition) is 2. The van der Waals surface area contributed by atoms with E-state index >= 15 is 0 Å². The summed E-state index contributed by atoms with van der Waals surface area (Å²) in [5.41, 5.74) is 4.96. The van der Waals surface area contributed by atoms with Crippen molar-refractivity contribution < 1.29 is 21.6 Å². The minimum absolute atomic E-state index is 0.00784. The minimum atomic E-state index is -3.77. The average Bonchev–Trinajstić information content (AvgIpc) is 3.46. The molecule has 0 bridgehead atoms. The van der Waals surface area contributed by atoms with Gasteiger partial charge in [-0.3, -0.25) is 4.79 Å². The average molecular weight is 582 g/mol. The normalized spacial score (nSPS) is 16.8. The first kappa shape index (κ1) is 27.9. The molecule has 1 atom stereocenters. The van der Waals surface area contributed by atoms with Crippen LogP contribution >= 0.6 is 0 Å². The van der Waals surface area contributed by atoms with Gasteiger partial charge in [-0.15, -0.1) is 0 Å². The Morgan fingerprint density at radius 3 is 2.38 bits per heavy atom. The molecular formula is C28H31N5O5S2. The highest BCUT2D eigenvalue weighted by molar-refractivity contribution is 7.91. The molecule has 210 valence electrons. The second kappa shape index (κ2) is 10.8. The van der Waals surface area contributed by atoms with Gasteiger partial charge in [0.15, 0.2) is 15.5 Å². The molecule has 3 N–H and O–H groups in total. The van der Waals surface area contributed by atoms with E-state index in [9.17, 15) is 21.6 Å². The Kier molecular flexibility index (Phi) is 7.51. The van der Waals surface area contributed by atoms with Crippen molar-refractivity contribution in [2.24, 2.45) is 5.14 Å². The fourth-order valence-corrected chi connectivity index (χ4v) is 7.24. The van der Waals surface area contributed by atoms with Crippen molar-refractivity contribution in [3.63, 3.8) is 0 Å². The van der Waals surface area contributed by atoms with Crippen molar-refractivity contribution in [3.05, 3.63) is 77.0 Å². The van der Waals surface area contributed by atoms with Gasteiger partial charge >= 0.3 is 0 Å². The molecule has 4 aromatic rings. The number of primary sulfonamides is 1. The molecule has 3 heterocycles. The molecule has 0 radical (unpaired) electrons. The molecule has 1 aliphatic heterocycles. The SMILES string of the molecule is CCc1ccc(-c2cc(C(=O)NCCc3ccc(S(N)(=O)=O)cc3)c3c(C)nn(C4CCS(=O)(=O)C4)c3n2)cc1. The van der Waals surface area contributed by atoms with Crippen molar-refractivity contribution in [3.8, 4) is 11.3 Å². The first-order valence-electron chi connectivity index (χ1n) is 13.0. The van der Waals surface area contributed by atoms with E-state index in [1.165, 1.54) is 17.7 Å². The predicted molar refractivity (Wildman–Crippen MR) is 153 cm³/mol. The quantitative estimate of drug-likeness (QED) is 0.324. The number of sulfone groups is 1. The smallest absolute Gasteiger partial charge is 0.252 e. The number of rotatable bonds is 8. The Bertz CT molecular complexity index is 1800. The van der Waals surface area contributed by atoms with Gasteiger partial charge in [-0.05, 0) is 55.5 Å². The molecule has 1 aliphatic rings. The number of aryl methyl sites for hydroxylation is 2. The van der Waals surface area contributed by atoms with Crippen molar-refractivity contribution in [1.82, 2.24) is 20.1 Å². The fraction of sp³-hybridized carbons (Fsp3) is 0.321. The van der Waals surface area contributed by atoms with Crippen LogP contribution in [0.2, 0.25) is 0 Å². The van der Waals surface area contributed by atoms with Crippen LogP contribution in [-0.4, -0.2) is 55.6 Å². The lowest BCUT2D eigenvalue weighted by atomic mass is 10.0. The number of nitrogens with one attached hydrogen (secondary N) is 1. The molecule has 40 heavy (non-hydrogen) atoms. The maximum atomic E-state index is 13.5. The van der Waals surface area contributed by atoms with E-state index in [0.717, 1.165) is 17.5 Å². The van der Waals surface area contributed by atoms with Crippen LogP contribution in [0.15, 0.2) is 59.5 Å². The van der Waals surface area contributed by atoms with Gasteiger partial charge in [-0.2, -0.15) is 5.10 Å². The number of benzene rings is 2. The number of sulfonamides is 1. The molecule has 0 spiro atoms. The Morgan fingerprint density at radius 2 is 1.77 bits per heavy atom. The van der Waals surface area contributed by atoms with Crippen LogP contribution in [0, 0.1) is 6.92 Å². The zero-order chi connectivity index (χ0) is 28.7. The van der Waals surface area contributed by atoms with E-state index in [1.54, 1.807) is 29.8 Å². The number of pyridine rings is 1. The van der Waals surface area contributed by atoms with Gasteiger partial charge in [0.1, 0.15) is 0 Å². The van der Waals surface area contributed by atoms with E-state index < -0.39 is 19.9 Å². The Morgan fingerprint density at radius 1 is 1.10 bits per heavy atom. The van der Waals surface area contributed by atoms with Crippen molar-refractivity contribution in [1.29, 1.82) is 0 Å². The molecule has 10 nitrogen and oxygen atoms in total. The van der Waals surface area contributed by atoms with Crippen LogP contribution in [-0.2, 0) is 32.7 Å². The lowest BCUT2D eigenvalue weighted by Crippen LogP contribution is -2.26. The van der Waals surface area contributed by atoms with Gasteiger partial charge in [0.2, 0.25) is 10.0 Å². The number of carbonyl (C=O) groups is 1. The summed E-state index contributed by atoms with van der Waals surface area (Å²) in [4.78, 5) is 18.4. The maximum Gasteiger partial charge on any atom is 0.252 e. The summed E-state index contributed by atoms with van der Waals surface area (Å²) >= 11 is 0. The molecule has 2 aromatic heterocycles. The van der Waals surface area contributed by atoms with Gasteiger partial charge in [0.05, 0.1) is 44.8 Å². The fourth-order valence-electron chi connectivity index (χ4n) is 5.04. The molecule has 0 saturated carbocycles. The zero-order valence-corrected chi connectivity index (χ0v) is 23.9. The first-order valence-corrected chi connectivity index (χ1v) is 16.4. The van der Waals surface area contributed by atoms with Crippen LogP contribution in [0.3, 0.4) is 0 Å². The van der Waals surface area contributed by atoms with Gasteiger partial charge in [-0.1, -0.05) is 43.3 Å². The Balaban J connectivity index is 1.48.